The lowest BCUT2D eigenvalue weighted by Gasteiger charge is -2.06. The van der Waals surface area contributed by atoms with E-state index in [4.69, 9.17) is 11.6 Å². The van der Waals surface area contributed by atoms with Gasteiger partial charge in [-0.05, 0) is 24.3 Å². The van der Waals surface area contributed by atoms with Crippen LogP contribution in [-0.2, 0) is 0 Å². The van der Waals surface area contributed by atoms with Gasteiger partial charge in [0.1, 0.15) is 6.07 Å². The van der Waals surface area contributed by atoms with E-state index in [1.807, 2.05) is 48.5 Å². The van der Waals surface area contributed by atoms with E-state index < -0.39 is 0 Å². The maximum Gasteiger partial charge on any atom is 0.101 e. The van der Waals surface area contributed by atoms with E-state index in [1.165, 1.54) is 0 Å². The first-order chi connectivity index (χ1) is 9.28. The van der Waals surface area contributed by atoms with E-state index in [9.17, 15) is 5.26 Å². The molecule has 19 heavy (non-hydrogen) atoms. The lowest BCUT2D eigenvalue weighted by Crippen LogP contribution is -1.90. The first kappa shape index (κ1) is 11.7. The Labute approximate surface area is 115 Å². The number of nitrogens with zero attached hydrogens (tertiary/aromatic N) is 2. The van der Waals surface area contributed by atoms with Gasteiger partial charge in [0.2, 0.25) is 0 Å². The topological polar surface area (TPSA) is 36.7 Å². The van der Waals surface area contributed by atoms with Gasteiger partial charge in [0.25, 0.3) is 0 Å². The highest BCUT2D eigenvalue weighted by Gasteiger charge is 2.08. The molecule has 0 aliphatic carbocycles. The van der Waals surface area contributed by atoms with E-state index in [1.54, 1.807) is 6.07 Å². The Morgan fingerprint density at radius 1 is 1.00 bits per heavy atom. The zero-order chi connectivity index (χ0) is 13.2. The van der Waals surface area contributed by atoms with Crippen LogP contribution in [0.3, 0.4) is 0 Å². The van der Waals surface area contributed by atoms with Crippen molar-refractivity contribution in [1.29, 1.82) is 5.26 Å². The Bertz CT molecular complexity index is 789. The molecule has 0 fully saturated rings. The molecule has 0 radical (unpaired) electrons. The molecule has 0 spiro atoms. The first-order valence-corrected chi connectivity index (χ1v) is 6.21. The third-order valence-corrected chi connectivity index (χ3v) is 3.18. The van der Waals surface area contributed by atoms with Gasteiger partial charge in [-0.25, -0.2) is 4.98 Å². The minimum Gasteiger partial charge on any atom is -0.246 e. The number of nitriles is 1. The zero-order valence-electron chi connectivity index (χ0n) is 9.97. The van der Waals surface area contributed by atoms with Crippen LogP contribution in [0.4, 0.5) is 0 Å². The standard InChI is InChI=1S/C16H9ClN2/c17-14-6-7-15-12(9-14)8-13(10-18)16(19-15)11-4-2-1-3-5-11/h1-9H. The second-order valence-electron chi connectivity index (χ2n) is 4.20. The first-order valence-electron chi connectivity index (χ1n) is 5.84. The molecule has 0 bridgehead atoms. The average molecular weight is 265 g/mol. The minimum atomic E-state index is 0.556. The smallest absolute Gasteiger partial charge is 0.101 e. The second-order valence-corrected chi connectivity index (χ2v) is 4.64. The van der Waals surface area contributed by atoms with Gasteiger partial charge in [-0.3, -0.25) is 0 Å². The Morgan fingerprint density at radius 2 is 1.79 bits per heavy atom. The van der Waals surface area contributed by atoms with Crippen molar-refractivity contribution in [1.82, 2.24) is 4.98 Å². The van der Waals surface area contributed by atoms with Gasteiger partial charge in [0.05, 0.1) is 16.8 Å². The normalized spacial score (nSPS) is 10.3. The molecule has 0 unspecified atom stereocenters. The second kappa shape index (κ2) is 4.72. The molecule has 0 aliphatic rings. The summed E-state index contributed by atoms with van der Waals surface area (Å²) in [6.45, 7) is 0. The average Bonchev–Trinajstić information content (AvgIpc) is 2.46. The van der Waals surface area contributed by atoms with Gasteiger partial charge in [-0.1, -0.05) is 41.9 Å². The van der Waals surface area contributed by atoms with Crippen molar-refractivity contribution >= 4 is 22.5 Å². The number of halogens is 1. The van der Waals surface area contributed by atoms with Crippen molar-refractivity contribution < 1.29 is 0 Å². The summed E-state index contributed by atoms with van der Waals surface area (Å²) in [4.78, 5) is 4.58. The molecule has 0 saturated carbocycles. The summed E-state index contributed by atoms with van der Waals surface area (Å²) >= 11 is 5.96. The Balaban J connectivity index is 2.31. The molecule has 3 rings (SSSR count). The summed E-state index contributed by atoms with van der Waals surface area (Å²) in [6.07, 6.45) is 0. The van der Waals surface area contributed by atoms with E-state index in [0.29, 0.717) is 16.3 Å². The number of benzene rings is 2. The van der Waals surface area contributed by atoms with Crippen LogP contribution < -0.4 is 0 Å². The lowest BCUT2D eigenvalue weighted by molar-refractivity contribution is 1.36. The van der Waals surface area contributed by atoms with Crippen LogP contribution in [0.1, 0.15) is 5.56 Å². The Hall–Kier alpha value is -2.37. The minimum absolute atomic E-state index is 0.556. The molecule has 0 amide bonds. The summed E-state index contributed by atoms with van der Waals surface area (Å²) in [5, 5.41) is 10.8. The molecule has 3 heteroatoms. The van der Waals surface area contributed by atoms with Crippen molar-refractivity contribution in [2.24, 2.45) is 0 Å². The van der Waals surface area contributed by atoms with E-state index in [2.05, 4.69) is 11.1 Å². The summed E-state index contributed by atoms with van der Waals surface area (Å²) in [7, 11) is 0. The predicted molar refractivity (Wildman–Crippen MR) is 76.9 cm³/mol. The summed E-state index contributed by atoms with van der Waals surface area (Å²) in [5.74, 6) is 0. The number of rotatable bonds is 1. The molecule has 1 aromatic heterocycles. The summed E-state index contributed by atoms with van der Waals surface area (Å²) < 4.78 is 0. The molecule has 0 saturated heterocycles. The van der Waals surface area contributed by atoms with E-state index in [0.717, 1.165) is 16.5 Å². The van der Waals surface area contributed by atoms with Crippen LogP contribution in [0.15, 0.2) is 54.6 Å². The van der Waals surface area contributed by atoms with Crippen LogP contribution in [0.5, 0.6) is 0 Å². The molecule has 0 aliphatic heterocycles. The molecule has 3 aromatic rings. The van der Waals surface area contributed by atoms with Crippen LogP contribution in [0.25, 0.3) is 22.2 Å². The molecule has 2 aromatic carbocycles. The van der Waals surface area contributed by atoms with Gasteiger partial charge >= 0.3 is 0 Å². The summed E-state index contributed by atoms with van der Waals surface area (Å²) in [6, 6.07) is 19.2. The quantitative estimate of drug-likeness (QED) is 0.652. The lowest BCUT2D eigenvalue weighted by atomic mass is 10.0. The maximum absolute atomic E-state index is 9.29. The molecule has 0 atom stereocenters. The largest absolute Gasteiger partial charge is 0.246 e. The van der Waals surface area contributed by atoms with E-state index >= 15 is 0 Å². The van der Waals surface area contributed by atoms with Gasteiger partial charge in [-0.15, -0.1) is 0 Å². The van der Waals surface area contributed by atoms with Gasteiger partial charge in [-0.2, -0.15) is 5.26 Å². The van der Waals surface area contributed by atoms with Crippen molar-refractivity contribution in [3.05, 3.63) is 65.2 Å². The molecule has 1 heterocycles. The fourth-order valence-corrected chi connectivity index (χ4v) is 2.23. The van der Waals surface area contributed by atoms with Crippen molar-refractivity contribution in [2.75, 3.05) is 0 Å². The van der Waals surface area contributed by atoms with Crippen LogP contribution in [0, 0.1) is 11.3 Å². The highest BCUT2D eigenvalue weighted by molar-refractivity contribution is 6.31. The van der Waals surface area contributed by atoms with Crippen LogP contribution in [-0.4, -0.2) is 4.98 Å². The molecular formula is C16H9ClN2. The Morgan fingerprint density at radius 3 is 2.53 bits per heavy atom. The van der Waals surface area contributed by atoms with Crippen LogP contribution in [0.2, 0.25) is 5.02 Å². The number of pyridine rings is 1. The number of hydrogen-bond donors (Lipinski definition) is 0. The van der Waals surface area contributed by atoms with Gasteiger partial charge in [0.15, 0.2) is 0 Å². The molecule has 90 valence electrons. The zero-order valence-corrected chi connectivity index (χ0v) is 10.7. The van der Waals surface area contributed by atoms with Gasteiger partial charge in [0, 0.05) is 16.0 Å². The fraction of sp³-hybridized carbons (Fsp3) is 0. The van der Waals surface area contributed by atoms with Crippen molar-refractivity contribution in [3.8, 4) is 17.3 Å². The van der Waals surface area contributed by atoms with Crippen molar-refractivity contribution in [3.63, 3.8) is 0 Å². The maximum atomic E-state index is 9.29. The molecule has 2 nitrogen and oxygen atoms in total. The fourth-order valence-electron chi connectivity index (χ4n) is 2.05. The third kappa shape index (κ3) is 2.16. The number of fused-ring (bicyclic) bond motifs is 1. The number of aromatic nitrogens is 1. The van der Waals surface area contributed by atoms with E-state index in [-0.39, 0.29) is 0 Å². The van der Waals surface area contributed by atoms with Crippen LogP contribution >= 0.6 is 11.6 Å². The Kier molecular flexibility index (Phi) is 2.91. The number of hydrogen-bond acceptors (Lipinski definition) is 2. The predicted octanol–water partition coefficient (Wildman–Crippen LogP) is 4.43. The monoisotopic (exact) mass is 264 g/mol. The third-order valence-electron chi connectivity index (χ3n) is 2.94. The SMILES string of the molecule is N#Cc1cc2cc(Cl)ccc2nc1-c1ccccc1. The van der Waals surface area contributed by atoms with Crippen molar-refractivity contribution in [2.45, 2.75) is 0 Å². The highest BCUT2D eigenvalue weighted by atomic mass is 35.5. The summed E-state index contributed by atoms with van der Waals surface area (Å²) in [5.41, 5.74) is 3.04. The molecule has 0 N–H and O–H groups in total. The highest BCUT2D eigenvalue weighted by Crippen LogP contribution is 2.26. The molecular weight excluding hydrogens is 256 g/mol. The van der Waals surface area contributed by atoms with Gasteiger partial charge < -0.3 is 0 Å².